The number of amides is 1. The average molecular weight is 443 g/mol. The number of nitrogens with one attached hydrogen (secondary N) is 1. The highest BCUT2D eigenvalue weighted by Gasteiger charge is 2.34. The largest absolute Gasteiger partial charge is 0.301 e. The van der Waals surface area contributed by atoms with Gasteiger partial charge in [-0.05, 0) is 31.2 Å². The van der Waals surface area contributed by atoms with Crippen LogP contribution in [0, 0.1) is 0 Å². The van der Waals surface area contributed by atoms with Crippen LogP contribution in [0.2, 0.25) is 0 Å². The Hall–Kier alpha value is -1.27. The second-order valence-electron chi connectivity index (χ2n) is 6.34. The second-order valence-corrected chi connectivity index (χ2v) is 11.3. The molecule has 4 rings (SSSR count). The minimum absolute atomic E-state index is 0.315. The predicted molar refractivity (Wildman–Crippen MR) is 112 cm³/mol. The van der Waals surface area contributed by atoms with Gasteiger partial charge in [-0.2, -0.15) is 4.31 Å². The number of rotatable bonds is 4. The van der Waals surface area contributed by atoms with Crippen molar-refractivity contribution in [3.63, 3.8) is 0 Å². The third kappa shape index (κ3) is 3.70. The first kappa shape index (κ1) is 19.1. The average Bonchev–Trinajstić information content (AvgIpc) is 3.23. The zero-order valence-electron chi connectivity index (χ0n) is 14.8. The van der Waals surface area contributed by atoms with E-state index >= 15 is 0 Å². The molecule has 144 valence electrons. The smallest absolute Gasteiger partial charge is 0.244 e. The summed E-state index contributed by atoms with van der Waals surface area (Å²) in [4.78, 5) is 21.8. The standard InChI is InChI=1S/C16H18N4O3S4/c1-24-16-18-10-7-6-9-12(13(10)26-16)25-15(17-9)19-14(21)11-5-3-4-8-20(11)27(2,22)23/h6-7,11H,3-5,8H2,1-2H3,(H,17,19,21)/t11-/m1/s1. The van der Waals surface area contributed by atoms with E-state index in [2.05, 4.69) is 15.3 Å². The molecular formula is C16H18N4O3S4. The molecule has 2 aromatic heterocycles. The lowest BCUT2D eigenvalue weighted by atomic mass is 10.0. The van der Waals surface area contributed by atoms with Crippen LogP contribution in [0.3, 0.4) is 0 Å². The molecule has 1 amide bonds. The van der Waals surface area contributed by atoms with E-state index in [0.29, 0.717) is 18.1 Å². The Morgan fingerprint density at radius 2 is 1.93 bits per heavy atom. The van der Waals surface area contributed by atoms with Crippen LogP contribution in [0.15, 0.2) is 16.5 Å². The number of piperidine rings is 1. The Balaban J connectivity index is 1.63. The maximum Gasteiger partial charge on any atom is 0.244 e. The highest BCUT2D eigenvalue weighted by Crippen LogP contribution is 2.38. The van der Waals surface area contributed by atoms with E-state index < -0.39 is 16.1 Å². The van der Waals surface area contributed by atoms with Crippen LogP contribution in [0.1, 0.15) is 19.3 Å². The number of aromatic nitrogens is 2. The molecule has 1 N–H and O–H groups in total. The molecule has 3 aromatic rings. The van der Waals surface area contributed by atoms with Crippen molar-refractivity contribution in [1.29, 1.82) is 0 Å². The zero-order valence-corrected chi connectivity index (χ0v) is 18.0. The fraction of sp³-hybridized carbons (Fsp3) is 0.438. The lowest BCUT2D eigenvalue weighted by Crippen LogP contribution is -2.49. The Morgan fingerprint density at radius 1 is 1.22 bits per heavy atom. The number of hydrogen-bond acceptors (Lipinski definition) is 8. The van der Waals surface area contributed by atoms with E-state index in [9.17, 15) is 13.2 Å². The SMILES string of the molecule is CSc1nc2ccc3nc(NC(=O)[C@H]4CCCCN4S(C)(=O)=O)sc3c2s1. The fourth-order valence-corrected chi connectivity index (χ4v) is 7.03. The van der Waals surface area contributed by atoms with Gasteiger partial charge in [0.15, 0.2) is 9.47 Å². The Kier molecular flexibility index (Phi) is 5.14. The van der Waals surface area contributed by atoms with Gasteiger partial charge in [-0.3, -0.25) is 4.79 Å². The molecule has 1 aliphatic heterocycles. The third-order valence-corrected chi connectivity index (χ3v) is 8.98. The van der Waals surface area contributed by atoms with Crippen molar-refractivity contribution in [2.45, 2.75) is 29.6 Å². The molecule has 0 bridgehead atoms. The van der Waals surface area contributed by atoms with Crippen LogP contribution in [-0.2, 0) is 14.8 Å². The number of thioether (sulfide) groups is 1. The van der Waals surface area contributed by atoms with Crippen molar-refractivity contribution < 1.29 is 13.2 Å². The monoisotopic (exact) mass is 442 g/mol. The van der Waals surface area contributed by atoms with Crippen molar-refractivity contribution in [2.75, 3.05) is 24.4 Å². The lowest BCUT2D eigenvalue weighted by Gasteiger charge is -2.32. The van der Waals surface area contributed by atoms with Gasteiger partial charge in [0, 0.05) is 6.54 Å². The molecule has 1 atom stereocenters. The Bertz CT molecular complexity index is 1120. The maximum absolute atomic E-state index is 12.8. The van der Waals surface area contributed by atoms with Crippen LogP contribution in [0.5, 0.6) is 0 Å². The molecule has 1 saturated heterocycles. The number of anilines is 1. The number of sulfonamides is 1. The molecule has 0 radical (unpaired) electrons. The first-order chi connectivity index (χ1) is 12.9. The van der Waals surface area contributed by atoms with E-state index in [0.717, 1.165) is 43.9 Å². The lowest BCUT2D eigenvalue weighted by molar-refractivity contribution is -0.120. The number of carbonyl (C=O) groups excluding carboxylic acids is 1. The number of hydrogen-bond donors (Lipinski definition) is 1. The molecule has 0 aliphatic carbocycles. The molecule has 0 spiro atoms. The summed E-state index contributed by atoms with van der Waals surface area (Å²) in [6.45, 7) is 0.385. The van der Waals surface area contributed by atoms with Gasteiger partial charge in [0.25, 0.3) is 0 Å². The van der Waals surface area contributed by atoms with Crippen molar-refractivity contribution in [3.8, 4) is 0 Å². The van der Waals surface area contributed by atoms with Crippen LogP contribution in [-0.4, -0.2) is 53.7 Å². The second kappa shape index (κ2) is 7.28. The van der Waals surface area contributed by atoms with Gasteiger partial charge in [-0.25, -0.2) is 18.4 Å². The predicted octanol–water partition coefficient (Wildman–Crippen LogP) is 3.38. The van der Waals surface area contributed by atoms with Gasteiger partial charge in [0.2, 0.25) is 15.9 Å². The van der Waals surface area contributed by atoms with Gasteiger partial charge in [0.05, 0.1) is 26.7 Å². The molecule has 0 saturated carbocycles. The van der Waals surface area contributed by atoms with Crippen LogP contribution < -0.4 is 5.32 Å². The highest BCUT2D eigenvalue weighted by molar-refractivity contribution is 8.00. The summed E-state index contributed by atoms with van der Waals surface area (Å²) in [5.74, 6) is -0.315. The topological polar surface area (TPSA) is 92.3 Å². The van der Waals surface area contributed by atoms with E-state index in [1.807, 2.05) is 18.4 Å². The number of thiazole rings is 2. The van der Waals surface area contributed by atoms with E-state index in [4.69, 9.17) is 0 Å². The third-order valence-electron chi connectivity index (χ3n) is 4.48. The molecule has 0 unspecified atom stereocenters. The fourth-order valence-electron chi connectivity index (χ4n) is 3.25. The number of carbonyl (C=O) groups is 1. The summed E-state index contributed by atoms with van der Waals surface area (Å²) in [5.41, 5.74) is 1.73. The van der Waals surface area contributed by atoms with Gasteiger partial charge < -0.3 is 5.32 Å². The number of benzene rings is 1. The van der Waals surface area contributed by atoms with E-state index in [1.165, 1.54) is 15.6 Å². The molecule has 1 fully saturated rings. The molecule has 3 heterocycles. The normalized spacial score (nSPS) is 19.0. The molecule has 27 heavy (non-hydrogen) atoms. The summed E-state index contributed by atoms with van der Waals surface area (Å²) in [5, 5.41) is 3.32. The Labute approximate surface area is 169 Å². The summed E-state index contributed by atoms with van der Waals surface area (Å²) in [6.07, 6.45) is 5.28. The summed E-state index contributed by atoms with van der Waals surface area (Å²) < 4.78 is 28.3. The van der Waals surface area contributed by atoms with Crippen LogP contribution in [0.25, 0.3) is 20.4 Å². The van der Waals surface area contributed by atoms with Crippen molar-refractivity contribution >= 4 is 75.9 Å². The van der Waals surface area contributed by atoms with E-state index in [-0.39, 0.29) is 5.91 Å². The summed E-state index contributed by atoms with van der Waals surface area (Å²) in [6, 6.07) is 3.16. The van der Waals surface area contributed by atoms with Crippen molar-refractivity contribution in [3.05, 3.63) is 12.1 Å². The minimum Gasteiger partial charge on any atom is -0.301 e. The minimum atomic E-state index is -3.42. The molecule has 1 aromatic carbocycles. The van der Waals surface area contributed by atoms with Crippen molar-refractivity contribution in [1.82, 2.24) is 14.3 Å². The molecule has 7 nitrogen and oxygen atoms in total. The molecule has 1 aliphatic rings. The van der Waals surface area contributed by atoms with Gasteiger partial charge >= 0.3 is 0 Å². The van der Waals surface area contributed by atoms with Crippen molar-refractivity contribution in [2.24, 2.45) is 0 Å². The summed E-state index contributed by atoms with van der Waals surface area (Å²) in [7, 11) is -3.42. The van der Waals surface area contributed by atoms with Crippen LogP contribution in [0.4, 0.5) is 5.13 Å². The summed E-state index contributed by atoms with van der Waals surface area (Å²) >= 11 is 4.62. The quantitative estimate of drug-likeness (QED) is 0.623. The molecular weight excluding hydrogens is 424 g/mol. The van der Waals surface area contributed by atoms with Gasteiger partial charge in [-0.15, -0.1) is 11.3 Å². The number of nitrogens with zero attached hydrogens (tertiary/aromatic N) is 3. The zero-order chi connectivity index (χ0) is 19.2. The maximum atomic E-state index is 12.8. The first-order valence-electron chi connectivity index (χ1n) is 8.38. The number of fused-ring (bicyclic) bond motifs is 3. The van der Waals surface area contributed by atoms with Gasteiger partial charge in [0.1, 0.15) is 6.04 Å². The van der Waals surface area contributed by atoms with Gasteiger partial charge in [-0.1, -0.05) is 29.5 Å². The van der Waals surface area contributed by atoms with E-state index in [1.54, 1.807) is 23.1 Å². The van der Waals surface area contributed by atoms with Crippen LogP contribution >= 0.6 is 34.4 Å². The Morgan fingerprint density at radius 3 is 2.63 bits per heavy atom. The highest BCUT2D eigenvalue weighted by atomic mass is 32.2. The first-order valence-corrected chi connectivity index (χ1v) is 13.1. The molecule has 11 heteroatoms.